The summed E-state index contributed by atoms with van der Waals surface area (Å²) in [6.07, 6.45) is 6.08. The van der Waals surface area contributed by atoms with Crippen LogP contribution in [0, 0.1) is 18.2 Å². The topological polar surface area (TPSA) is 20.2 Å². The van der Waals surface area contributed by atoms with Gasteiger partial charge in [-0.05, 0) is 23.4 Å². The molecule has 0 bridgehead atoms. The highest BCUT2D eigenvalue weighted by molar-refractivity contribution is 5.92. The van der Waals surface area contributed by atoms with E-state index >= 15 is 0 Å². The van der Waals surface area contributed by atoms with E-state index in [9.17, 15) is 9.50 Å². The second kappa shape index (κ2) is 6.07. The average molecular weight is 244 g/mol. The molecule has 1 N–H and O–H groups in total. The molecule has 0 aliphatic carbocycles. The molecule has 0 aliphatic rings. The van der Waals surface area contributed by atoms with E-state index < -0.39 is 11.6 Å². The van der Waals surface area contributed by atoms with Crippen LogP contribution in [0.5, 0.6) is 5.75 Å². The number of fused-ring (bicyclic) bond motifs is 1. The maximum Gasteiger partial charge on any atom is 0.181 e. The van der Waals surface area contributed by atoms with Crippen molar-refractivity contribution in [2.75, 3.05) is 0 Å². The highest BCUT2D eigenvalue weighted by Crippen LogP contribution is 2.30. The van der Waals surface area contributed by atoms with Gasteiger partial charge < -0.3 is 5.11 Å². The van der Waals surface area contributed by atoms with Crippen LogP contribution in [0.3, 0.4) is 0 Å². The van der Waals surface area contributed by atoms with E-state index in [0.717, 1.165) is 22.8 Å². The summed E-state index contributed by atoms with van der Waals surface area (Å²) in [4.78, 5) is 0. The maximum absolute atomic E-state index is 13.7. The number of terminal acetylenes is 1. The molecular weight excluding hydrogens is 227 g/mol. The molecule has 0 saturated heterocycles. The van der Waals surface area contributed by atoms with E-state index in [2.05, 4.69) is 5.92 Å². The highest BCUT2D eigenvalue weighted by atomic mass is 19.1. The van der Waals surface area contributed by atoms with Crippen molar-refractivity contribution >= 4 is 10.8 Å². The molecule has 0 amide bonds. The highest BCUT2D eigenvalue weighted by Gasteiger charge is 2.13. The number of hydrogen-bond donors (Lipinski definition) is 1. The first-order chi connectivity index (χ1) is 8.69. The minimum Gasteiger partial charge on any atom is -0.505 e. The van der Waals surface area contributed by atoms with Gasteiger partial charge in [-0.2, -0.15) is 0 Å². The monoisotopic (exact) mass is 244 g/mol. The molecule has 2 rings (SSSR count). The number of benzene rings is 2. The number of hydrogen-bond acceptors (Lipinski definition) is 1. The van der Waals surface area contributed by atoms with Gasteiger partial charge in [0.25, 0.3) is 0 Å². The molecule has 0 aliphatic heterocycles. The molecule has 0 radical (unpaired) electrons. The van der Waals surface area contributed by atoms with Gasteiger partial charge in [0.15, 0.2) is 11.6 Å². The molecule has 2 heteroatoms. The Morgan fingerprint density at radius 2 is 2.00 bits per heavy atom. The lowest BCUT2D eigenvalue weighted by atomic mass is 9.97. The van der Waals surface area contributed by atoms with Crippen molar-refractivity contribution in [3.8, 4) is 18.1 Å². The predicted octanol–water partition coefficient (Wildman–Crippen LogP) is 4.25. The molecule has 94 valence electrons. The van der Waals surface area contributed by atoms with Gasteiger partial charge in [0.2, 0.25) is 0 Å². The summed E-state index contributed by atoms with van der Waals surface area (Å²) in [5, 5.41) is 10.9. The quantitative estimate of drug-likeness (QED) is 0.743. The minimum absolute atomic E-state index is 0.146. The third-order valence-electron chi connectivity index (χ3n) is 2.69. The van der Waals surface area contributed by atoms with Crippen LogP contribution in [-0.4, -0.2) is 5.11 Å². The van der Waals surface area contributed by atoms with Crippen LogP contribution in [0.4, 0.5) is 4.39 Å². The Bertz CT molecular complexity index is 594. The number of aromatic hydroxyl groups is 1. The molecule has 0 saturated carbocycles. The van der Waals surface area contributed by atoms with Gasteiger partial charge in [-0.25, -0.2) is 4.39 Å². The third kappa shape index (κ3) is 2.31. The summed E-state index contributed by atoms with van der Waals surface area (Å²) in [5.74, 6) is 1.21. The van der Waals surface area contributed by atoms with Crippen LogP contribution >= 0.6 is 0 Å². The number of phenolic OH excluding ortho intramolecular Hbond substituents is 1. The van der Waals surface area contributed by atoms with Gasteiger partial charge in [-0.3, -0.25) is 0 Å². The predicted molar refractivity (Wildman–Crippen MR) is 74.2 cm³/mol. The minimum atomic E-state index is -0.712. The lowest BCUT2D eigenvalue weighted by molar-refractivity contribution is 0.433. The van der Waals surface area contributed by atoms with E-state index in [0.29, 0.717) is 0 Å². The Labute approximate surface area is 107 Å². The molecule has 0 unspecified atom stereocenters. The van der Waals surface area contributed by atoms with Crippen molar-refractivity contribution in [1.82, 2.24) is 0 Å². The van der Waals surface area contributed by atoms with Crippen molar-refractivity contribution in [3.05, 3.63) is 41.2 Å². The fourth-order valence-corrected chi connectivity index (χ4v) is 1.92. The Hall–Kier alpha value is -2.01. The molecule has 0 spiro atoms. The standard InChI is InChI=1S/C14H11FO.C2H6/c1-3-9-6-5-7-10-8-12(16)14(15)11(4-2)13(9)10;1-2/h2,5-8,16H,3H2,1H3;1-2H3. The van der Waals surface area contributed by atoms with E-state index in [-0.39, 0.29) is 5.56 Å². The zero-order chi connectivity index (χ0) is 13.7. The van der Waals surface area contributed by atoms with Gasteiger partial charge in [-0.1, -0.05) is 44.9 Å². The lowest BCUT2D eigenvalue weighted by Crippen LogP contribution is -1.92. The average Bonchev–Trinajstić information content (AvgIpc) is 2.42. The van der Waals surface area contributed by atoms with Crippen LogP contribution in [0.2, 0.25) is 0 Å². The fraction of sp³-hybridized carbons (Fsp3) is 0.250. The van der Waals surface area contributed by atoms with E-state index in [1.54, 1.807) is 0 Å². The maximum atomic E-state index is 13.7. The number of rotatable bonds is 1. The van der Waals surface area contributed by atoms with Crippen molar-refractivity contribution in [2.45, 2.75) is 27.2 Å². The van der Waals surface area contributed by atoms with Gasteiger partial charge in [0, 0.05) is 5.39 Å². The van der Waals surface area contributed by atoms with E-state index in [4.69, 9.17) is 6.42 Å². The van der Waals surface area contributed by atoms with E-state index in [1.165, 1.54) is 6.07 Å². The summed E-state index contributed by atoms with van der Waals surface area (Å²) in [7, 11) is 0. The van der Waals surface area contributed by atoms with Crippen molar-refractivity contribution < 1.29 is 9.50 Å². The van der Waals surface area contributed by atoms with Gasteiger partial charge >= 0.3 is 0 Å². The molecule has 0 aromatic heterocycles. The molecule has 2 aromatic rings. The second-order valence-electron chi connectivity index (χ2n) is 3.60. The Balaban J connectivity index is 0.000000771. The molecule has 0 heterocycles. The Morgan fingerprint density at radius 1 is 1.33 bits per heavy atom. The third-order valence-corrected chi connectivity index (χ3v) is 2.69. The Morgan fingerprint density at radius 3 is 2.56 bits per heavy atom. The summed E-state index contributed by atoms with van der Waals surface area (Å²) in [6, 6.07) is 7.01. The summed E-state index contributed by atoms with van der Waals surface area (Å²) >= 11 is 0. The summed E-state index contributed by atoms with van der Waals surface area (Å²) < 4.78 is 13.7. The second-order valence-corrected chi connectivity index (χ2v) is 3.60. The van der Waals surface area contributed by atoms with Crippen molar-refractivity contribution in [2.24, 2.45) is 0 Å². The largest absolute Gasteiger partial charge is 0.505 e. The van der Waals surface area contributed by atoms with Crippen LogP contribution in [-0.2, 0) is 6.42 Å². The fourth-order valence-electron chi connectivity index (χ4n) is 1.92. The normalized spacial score (nSPS) is 9.50. The van der Waals surface area contributed by atoms with Crippen molar-refractivity contribution in [3.63, 3.8) is 0 Å². The first-order valence-electron chi connectivity index (χ1n) is 6.08. The SMILES string of the molecule is C#Cc1c(F)c(O)cc2cccc(CC)c12.CC. The zero-order valence-corrected chi connectivity index (χ0v) is 10.9. The zero-order valence-electron chi connectivity index (χ0n) is 10.9. The first-order valence-corrected chi connectivity index (χ1v) is 6.08. The summed E-state index contributed by atoms with van der Waals surface area (Å²) in [5.41, 5.74) is 1.14. The molecular formula is C16H17FO. The molecule has 0 fully saturated rings. The smallest absolute Gasteiger partial charge is 0.181 e. The Kier molecular flexibility index (Phi) is 4.74. The number of phenols is 1. The number of halogens is 1. The summed E-state index contributed by atoms with van der Waals surface area (Å²) in [6.45, 7) is 5.99. The molecule has 18 heavy (non-hydrogen) atoms. The molecule has 1 nitrogen and oxygen atoms in total. The van der Waals surface area contributed by atoms with Crippen molar-refractivity contribution in [1.29, 1.82) is 0 Å². The first kappa shape index (κ1) is 14.1. The lowest BCUT2D eigenvalue weighted by Gasteiger charge is -2.09. The van der Waals surface area contributed by atoms with Crippen LogP contribution in [0.25, 0.3) is 10.8 Å². The van der Waals surface area contributed by atoms with Gasteiger partial charge in [0.05, 0.1) is 5.56 Å². The van der Waals surface area contributed by atoms with E-state index in [1.807, 2.05) is 39.0 Å². The van der Waals surface area contributed by atoms with Crippen LogP contribution in [0.15, 0.2) is 24.3 Å². The van der Waals surface area contributed by atoms with Crippen LogP contribution < -0.4 is 0 Å². The van der Waals surface area contributed by atoms with Crippen LogP contribution in [0.1, 0.15) is 31.9 Å². The molecule has 2 aromatic carbocycles. The number of aryl methyl sites for hydroxylation is 1. The van der Waals surface area contributed by atoms with Gasteiger partial charge in [0.1, 0.15) is 0 Å². The molecule has 0 atom stereocenters. The van der Waals surface area contributed by atoms with Gasteiger partial charge in [-0.15, -0.1) is 6.42 Å².